The predicted molar refractivity (Wildman–Crippen MR) is 100 cm³/mol. The number of ether oxygens (including phenoxy) is 2. The molecule has 6 nitrogen and oxygen atoms in total. The van der Waals surface area contributed by atoms with Gasteiger partial charge in [-0.05, 0) is 58.8 Å². The molecule has 0 aliphatic heterocycles. The highest BCUT2D eigenvalue weighted by atomic mass is 35.5. The first-order valence-corrected chi connectivity index (χ1v) is 8.81. The summed E-state index contributed by atoms with van der Waals surface area (Å²) < 4.78 is 10.5. The van der Waals surface area contributed by atoms with Gasteiger partial charge in [-0.15, -0.1) is 0 Å². The van der Waals surface area contributed by atoms with E-state index in [1.807, 2.05) is 32.9 Å². The van der Waals surface area contributed by atoms with Crippen LogP contribution < -0.4 is 4.74 Å². The third-order valence-electron chi connectivity index (χ3n) is 3.48. The number of rotatable bonds is 8. The van der Waals surface area contributed by atoms with Gasteiger partial charge in [-0.1, -0.05) is 11.6 Å². The van der Waals surface area contributed by atoms with Crippen molar-refractivity contribution in [3.05, 3.63) is 22.8 Å². The third-order valence-corrected chi connectivity index (χ3v) is 3.67. The summed E-state index contributed by atoms with van der Waals surface area (Å²) in [6.45, 7) is 7.97. The lowest BCUT2D eigenvalue weighted by atomic mass is 10.2. The van der Waals surface area contributed by atoms with Crippen molar-refractivity contribution in [2.24, 2.45) is 0 Å². The quantitative estimate of drug-likeness (QED) is 0.513. The second-order valence-electron chi connectivity index (χ2n) is 7.19. The van der Waals surface area contributed by atoms with Crippen LogP contribution in [0.1, 0.15) is 39.2 Å². The van der Waals surface area contributed by atoms with E-state index in [-0.39, 0.29) is 6.09 Å². The smallest absolute Gasteiger partial charge is 0.410 e. The van der Waals surface area contributed by atoms with Crippen molar-refractivity contribution in [1.29, 1.82) is 0 Å². The number of pyridine rings is 1. The van der Waals surface area contributed by atoms with Crippen molar-refractivity contribution in [2.45, 2.75) is 45.8 Å². The molecule has 0 N–H and O–H groups in total. The van der Waals surface area contributed by atoms with E-state index < -0.39 is 5.60 Å². The first kappa shape index (κ1) is 21.5. The SMILES string of the molecule is COc1cc(CN(C)CCCCN(C)C(=O)OC(C)(C)C)cc(Cl)n1. The summed E-state index contributed by atoms with van der Waals surface area (Å²) in [5.74, 6) is 0.523. The number of unbranched alkanes of at least 4 members (excludes halogenated alkanes) is 1. The summed E-state index contributed by atoms with van der Waals surface area (Å²) in [6.07, 6.45) is 1.62. The van der Waals surface area contributed by atoms with E-state index in [9.17, 15) is 4.79 Å². The molecule has 0 fully saturated rings. The Morgan fingerprint density at radius 3 is 2.44 bits per heavy atom. The molecule has 0 unspecified atom stereocenters. The number of hydrogen-bond donors (Lipinski definition) is 0. The Morgan fingerprint density at radius 2 is 1.84 bits per heavy atom. The number of carbonyl (C=O) groups is 1. The molecule has 0 atom stereocenters. The Morgan fingerprint density at radius 1 is 1.20 bits per heavy atom. The molecule has 1 heterocycles. The predicted octanol–water partition coefficient (Wildman–Crippen LogP) is 3.82. The van der Waals surface area contributed by atoms with Crippen LogP contribution in [0.15, 0.2) is 12.1 Å². The van der Waals surface area contributed by atoms with E-state index in [4.69, 9.17) is 21.1 Å². The highest BCUT2D eigenvalue weighted by Gasteiger charge is 2.19. The zero-order valence-corrected chi connectivity index (χ0v) is 16.9. The molecule has 7 heteroatoms. The lowest BCUT2D eigenvalue weighted by Gasteiger charge is -2.25. The molecule has 0 aliphatic rings. The van der Waals surface area contributed by atoms with E-state index in [1.165, 1.54) is 0 Å². The topological polar surface area (TPSA) is 54.9 Å². The molecule has 1 aromatic rings. The molecule has 1 amide bonds. The van der Waals surface area contributed by atoms with Crippen LogP contribution in [0, 0.1) is 0 Å². The van der Waals surface area contributed by atoms with E-state index >= 15 is 0 Å². The van der Waals surface area contributed by atoms with Crippen LogP contribution in [0.25, 0.3) is 0 Å². The number of amides is 1. The van der Waals surface area contributed by atoms with E-state index in [2.05, 4.69) is 16.9 Å². The number of carbonyl (C=O) groups excluding carboxylic acids is 1. The zero-order valence-electron chi connectivity index (χ0n) is 16.1. The Balaban J connectivity index is 2.32. The average molecular weight is 372 g/mol. The van der Waals surface area contributed by atoms with Gasteiger partial charge in [-0.3, -0.25) is 0 Å². The highest BCUT2D eigenvalue weighted by molar-refractivity contribution is 6.29. The maximum Gasteiger partial charge on any atom is 0.410 e. The monoisotopic (exact) mass is 371 g/mol. The normalized spacial score (nSPS) is 11.5. The first-order valence-electron chi connectivity index (χ1n) is 8.44. The highest BCUT2D eigenvalue weighted by Crippen LogP contribution is 2.17. The van der Waals surface area contributed by atoms with Crippen molar-refractivity contribution in [3.63, 3.8) is 0 Å². The van der Waals surface area contributed by atoms with Crippen LogP contribution in [0.4, 0.5) is 4.79 Å². The standard InChI is InChI=1S/C18H30ClN3O3/c1-18(2,3)25-17(23)22(5)10-8-7-9-21(4)13-14-11-15(19)20-16(12-14)24-6/h11-12H,7-10,13H2,1-6H3. The molecule has 0 saturated heterocycles. The van der Waals surface area contributed by atoms with Crippen LogP contribution in [0.3, 0.4) is 0 Å². The molecule has 0 bridgehead atoms. The van der Waals surface area contributed by atoms with Crippen molar-refractivity contribution in [3.8, 4) is 5.88 Å². The number of halogens is 1. The van der Waals surface area contributed by atoms with Crippen LogP contribution in [-0.2, 0) is 11.3 Å². The third kappa shape index (κ3) is 8.93. The van der Waals surface area contributed by atoms with Gasteiger partial charge in [0.05, 0.1) is 7.11 Å². The minimum Gasteiger partial charge on any atom is -0.481 e. The van der Waals surface area contributed by atoms with Gasteiger partial charge in [0.15, 0.2) is 0 Å². The minimum atomic E-state index is -0.460. The van der Waals surface area contributed by atoms with Gasteiger partial charge in [-0.2, -0.15) is 0 Å². The molecule has 1 aromatic heterocycles. The van der Waals surface area contributed by atoms with Gasteiger partial charge < -0.3 is 19.3 Å². The maximum atomic E-state index is 11.9. The van der Waals surface area contributed by atoms with Gasteiger partial charge >= 0.3 is 6.09 Å². The molecule has 1 rings (SSSR count). The molecular formula is C18H30ClN3O3. The van der Waals surface area contributed by atoms with Crippen molar-refractivity contribution in [2.75, 3.05) is 34.3 Å². The Hall–Kier alpha value is -1.53. The Kier molecular flexibility index (Phi) is 8.45. The number of hydrogen-bond acceptors (Lipinski definition) is 5. The summed E-state index contributed by atoms with van der Waals surface area (Å²) in [4.78, 5) is 19.8. The summed E-state index contributed by atoms with van der Waals surface area (Å²) in [5.41, 5.74) is 0.601. The van der Waals surface area contributed by atoms with E-state index in [0.717, 1.165) is 31.5 Å². The zero-order chi connectivity index (χ0) is 19.0. The van der Waals surface area contributed by atoms with Crippen LogP contribution in [0.5, 0.6) is 5.88 Å². The van der Waals surface area contributed by atoms with E-state index in [1.54, 1.807) is 19.1 Å². The Labute approximate surface area is 156 Å². The lowest BCUT2D eigenvalue weighted by Crippen LogP contribution is -2.35. The molecule has 0 aromatic carbocycles. The summed E-state index contributed by atoms with van der Waals surface area (Å²) in [5, 5.41) is 0.432. The van der Waals surface area contributed by atoms with Crippen LogP contribution in [0.2, 0.25) is 5.15 Å². The fourth-order valence-corrected chi connectivity index (χ4v) is 2.49. The minimum absolute atomic E-state index is 0.278. The molecular weight excluding hydrogens is 342 g/mol. The lowest BCUT2D eigenvalue weighted by molar-refractivity contribution is 0.0295. The van der Waals surface area contributed by atoms with Crippen molar-refractivity contribution in [1.82, 2.24) is 14.8 Å². The molecule has 0 saturated carbocycles. The van der Waals surface area contributed by atoms with Gasteiger partial charge in [-0.25, -0.2) is 9.78 Å². The largest absolute Gasteiger partial charge is 0.481 e. The second-order valence-corrected chi connectivity index (χ2v) is 7.57. The molecule has 0 aliphatic carbocycles. The summed E-state index contributed by atoms with van der Waals surface area (Å²) >= 11 is 5.99. The van der Waals surface area contributed by atoms with Gasteiger partial charge in [0.1, 0.15) is 10.8 Å². The molecule has 0 spiro atoms. The van der Waals surface area contributed by atoms with Crippen LogP contribution in [-0.4, -0.2) is 60.8 Å². The Bertz CT molecular complexity index is 561. The maximum absolute atomic E-state index is 11.9. The van der Waals surface area contributed by atoms with E-state index in [0.29, 0.717) is 17.6 Å². The summed E-state index contributed by atoms with van der Waals surface area (Å²) in [6, 6.07) is 3.73. The van der Waals surface area contributed by atoms with Gasteiger partial charge in [0, 0.05) is 26.2 Å². The molecule has 0 radical (unpaired) electrons. The second kappa shape index (κ2) is 9.82. The average Bonchev–Trinajstić information content (AvgIpc) is 2.48. The molecule has 25 heavy (non-hydrogen) atoms. The number of methoxy groups -OCH3 is 1. The van der Waals surface area contributed by atoms with Crippen LogP contribution >= 0.6 is 11.6 Å². The molecule has 142 valence electrons. The first-order chi connectivity index (χ1) is 11.6. The summed E-state index contributed by atoms with van der Waals surface area (Å²) in [7, 11) is 5.40. The van der Waals surface area contributed by atoms with Crippen molar-refractivity contribution < 1.29 is 14.3 Å². The fourth-order valence-electron chi connectivity index (χ4n) is 2.27. The van der Waals surface area contributed by atoms with Gasteiger partial charge in [0.2, 0.25) is 5.88 Å². The van der Waals surface area contributed by atoms with Gasteiger partial charge in [0.25, 0.3) is 0 Å². The van der Waals surface area contributed by atoms with Crippen molar-refractivity contribution >= 4 is 17.7 Å². The number of nitrogens with zero attached hydrogens (tertiary/aromatic N) is 3. The number of aromatic nitrogens is 1. The fraction of sp³-hybridized carbons (Fsp3) is 0.667.